The second-order valence-electron chi connectivity index (χ2n) is 13.8. The van der Waals surface area contributed by atoms with Crippen molar-refractivity contribution < 1.29 is 14.3 Å². The average Bonchev–Trinajstić information content (AvgIpc) is 3.12. The lowest BCUT2D eigenvalue weighted by Crippen LogP contribution is -2.18. The van der Waals surface area contributed by atoms with Gasteiger partial charge in [0, 0.05) is 6.61 Å². The van der Waals surface area contributed by atoms with Crippen LogP contribution in [0.5, 0.6) is 0 Å². The van der Waals surface area contributed by atoms with Gasteiger partial charge in [-0.05, 0) is 60.1 Å². The Bertz CT molecular complexity index is 1250. The predicted octanol–water partition coefficient (Wildman–Crippen LogP) is 14.1. The van der Waals surface area contributed by atoms with Crippen molar-refractivity contribution in [3.8, 4) is 22.3 Å². The molecular weight excluding hydrogens is 588 g/mol. The van der Waals surface area contributed by atoms with Gasteiger partial charge in [0.25, 0.3) is 0 Å². The molecular formula is C45H66O3. The summed E-state index contributed by atoms with van der Waals surface area (Å²) in [5.74, 6) is -0.222. The molecule has 0 saturated carbocycles. The fourth-order valence-corrected chi connectivity index (χ4v) is 6.59. The molecule has 0 radical (unpaired) electrons. The van der Waals surface area contributed by atoms with Crippen LogP contribution in [0.3, 0.4) is 0 Å². The normalized spacial score (nSPS) is 12.6. The Balaban J connectivity index is 1.39. The fourth-order valence-electron chi connectivity index (χ4n) is 6.59. The smallest absolute Gasteiger partial charge is 0.339 e. The van der Waals surface area contributed by atoms with Gasteiger partial charge in [-0.3, -0.25) is 0 Å². The van der Waals surface area contributed by atoms with Gasteiger partial charge in [0.2, 0.25) is 0 Å². The van der Waals surface area contributed by atoms with Crippen molar-refractivity contribution in [2.24, 2.45) is 0 Å². The third-order valence-electron chi connectivity index (χ3n) is 9.69. The van der Waals surface area contributed by atoms with E-state index in [2.05, 4.69) is 76.2 Å². The Hall–Kier alpha value is -2.91. The summed E-state index contributed by atoms with van der Waals surface area (Å²) in [5, 5.41) is 0. The highest BCUT2D eigenvalue weighted by Gasteiger charge is 2.18. The van der Waals surface area contributed by atoms with E-state index in [1.54, 1.807) is 0 Å². The van der Waals surface area contributed by atoms with Crippen LogP contribution < -0.4 is 0 Å². The summed E-state index contributed by atoms with van der Waals surface area (Å²) in [7, 11) is 0. The van der Waals surface area contributed by atoms with Crippen molar-refractivity contribution in [1.82, 2.24) is 0 Å². The molecule has 0 amide bonds. The monoisotopic (exact) mass is 655 g/mol. The van der Waals surface area contributed by atoms with Gasteiger partial charge >= 0.3 is 5.97 Å². The molecule has 3 aromatic rings. The summed E-state index contributed by atoms with van der Waals surface area (Å²) >= 11 is 0. The Morgan fingerprint density at radius 3 is 1.60 bits per heavy atom. The number of esters is 1. The molecule has 0 heterocycles. The van der Waals surface area contributed by atoms with Crippen LogP contribution >= 0.6 is 0 Å². The van der Waals surface area contributed by atoms with E-state index < -0.39 is 0 Å². The van der Waals surface area contributed by atoms with Gasteiger partial charge in [0.05, 0.1) is 11.7 Å². The number of benzene rings is 3. The maximum absolute atomic E-state index is 13.2. The lowest BCUT2D eigenvalue weighted by molar-refractivity contribution is 0.0255. The molecule has 0 spiro atoms. The van der Waals surface area contributed by atoms with E-state index in [0.29, 0.717) is 5.56 Å². The van der Waals surface area contributed by atoms with Crippen molar-refractivity contribution in [3.05, 3.63) is 83.9 Å². The van der Waals surface area contributed by atoms with Crippen LogP contribution in [0.4, 0.5) is 0 Å². The van der Waals surface area contributed by atoms with E-state index in [9.17, 15) is 4.79 Å². The van der Waals surface area contributed by atoms with Gasteiger partial charge in [0.1, 0.15) is 6.10 Å². The molecule has 2 atom stereocenters. The third-order valence-corrected chi connectivity index (χ3v) is 9.69. The first-order chi connectivity index (χ1) is 23.6. The van der Waals surface area contributed by atoms with E-state index in [0.717, 1.165) is 61.8 Å². The van der Waals surface area contributed by atoms with Crippen molar-refractivity contribution in [2.75, 3.05) is 6.61 Å². The molecule has 0 aliphatic carbocycles. The van der Waals surface area contributed by atoms with Crippen LogP contribution in [-0.2, 0) is 9.47 Å². The van der Waals surface area contributed by atoms with Crippen LogP contribution in [0, 0.1) is 0 Å². The zero-order valence-electron chi connectivity index (χ0n) is 30.9. The number of ether oxygens (including phenoxy) is 2. The SMILES string of the molecule is CCCCCCCCCCCCCCCCOC(C)c1ccc(-c2ccc(-c3ccccc3C(=O)OC(CCC)CCCC)cc2)cc1. The Kier molecular flexibility index (Phi) is 20.0. The van der Waals surface area contributed by atoms with Gasteiger partial charge < -0.3 is 9.47 Å². The van der Waals surface area contributed by atoms with E-state index in [4.69, 9.17) is 9.47 Å². The molecule has 264 valence electrons. The number of rotatable bonds is 26. The molecule has 0 bridgehead atoms. The first-order valence-electron chi connectivity index (χ1n) is 19.7. The largest absolute Gasteiger partial charge is 0.459 e. The maximum Gasteiger partial charge on any atom is 0.339 e. The lowest BCUT2D eigenvalue weighted by Gasteiger charge is -2.18. The molecule has 0 fully saturated rings. The van der Waals surface area contributed by atoms with Gasteiger partial charge in [-0.2, -0.15) is 0 Å². The van der Waals surface area contributed by atoms with Crippen LogP contribution in [-0.4, -0.2) is 18.7 Å². The molecule has 3 rings (SSSR count). The Morgan fingerprint density at radius 2 is 1.04 bits per heavy atom. The van der Waals surface area contributed by atoms with E-state index >= 15 is 0 Å². The molecule has 3 aromatic carbocycles. The summed E-state index contributed by atoms with van der Waals surface area (Å²) < 4.78 is 12.2. The molecule has 3 heteroatoms. The van der Waals surface area contributed by atoms with Crippen LogP contribution in [0.25, 0.3) is 22.3 Å². The summed E-state index contributed by atoms with van der Waals surface area (Å²) in [6.07, 6.45) is 24.4. The van der Waals surface area contributed by atoms with Crippen LogP contribution in [0.15, 0.2) is 72.8 Å². The predicted molar refractivity (Wildman–Crippen MR) is 206 cm³/mol. The number of carbonyl (C=O) groups excluding carboxylic acids is 1. The van der Waals surface area contributed by atoms with Crippen molar-refractivity contribution in [3.63, 3.8) is 0 Å². The van der Waals surface area contributed by atoms with Crippen molar-refractivity contribution in [1.29, 1.82) is 0 Å². The summed E-state index contributed by atoms with van der Waals surface area (Å²) in [4.78, 5) is 13.2. The number of hydrogen-bond acceptors (Lipinski definition) is 3. The van der Waals surface area contributed by atoms with E-state index in [-0.39, 0.29) is 18.2 Å². The summed E-state index contributed by atoms with van der Waals surface area (Å²) in [5.41, 5.74) is 6.12. The van der Waals surface area contributed by atoms with Gasteiger partial charge in [-0.15, -0.1) is 0 Å². The number of unbranched alkanes of at least 4 members (excludes halogenated alkanes) is 14. The first-order valence-corrected chi connectivity index (χ1v) is 19.7. The van der Waals surface area contributed by atoms with Crippen molar-refractivity contribution >= 4 is 5.97 Å². The maximum atomic E-state index is 13.2. The minimum Gasteiger partial charge on any atom is -0.459 e. The van der Waals surface area contributed by atoms with Gasteiger partial charge in [-0.1, -0.05) is 190 Å². The fraction of sp³-hybridized carbons (Fsp3) is 0.578. The Labute approximate surface area is 294 Å². The molecule has 48 heavy (non-hydrogen) atoms. The minimum atomic E-state index is -0.222. The highest BCUT2D eigenvalue weighted by molar-refractivity contribution is 5.97. The van der Waals surface area contributed by atoms with Crippen molar-refractivity contribution in [2.45, 2.75) is 162 Å². The molecule has 3 nitrogen and oxygen atoms in total. The first kappa shape index (κ1) is 39.5. The summed E-state index contributed by atoms with van der Waals surface area (Å²) in [6.45, 7) is 9.60. The molecule has 0 aliphatic heterocycles. The molecule has 0 saturated heterocycles. The summed E-state index contributed by atoms with van der Waals surface area (Å²) in [6, 6.07) is 25.1. The zero-order valence-corrected chi connectivity index (χ0v) is 30.9. The zero-order chi connectivity index (χ0) is 34.2. The van der Waals surface area contributed by atoms with Crippen LogP contribution in [0.1, 0.15) is 172 Å². The topological polar surface area (TPSA) is 35.5 Å². The van der Waals surface area contributed by atoms with Gasteiger partial charge in [-0.25, -0.2) is 4.79 Å². The number of hydrogen-bond donors (Lipinski definition) is 0. The third kappa shape index (κ3) is 14.7. The quantitative estimate of drug-likeness (QED) is 0.0638. The highest BCUT2D eigenvalue weighted by Crippen LogP contribution is 2.29. The Morgan fingerprint density at radius 1 is 0.542 bits per heavy atom. The van der Waals surface area contributed by atoms with Gasteiger partial charge in [0.15, 0.2) is 0 Å². The standard InChI is InChI=1S/C45H66O3/c1-5-8-10-11-12-13-14-15-16-17-18-19-20-23-36-47-37(4)38-28-30-39(31-29-38)40-32-34-41(35-33-40)43-26-21-22-27-44(43)45(46)48-42(24-7-3)25-9-6-2/h21-22,26-35,37,42H,5-20,23-25,36H2,1-4H3. The molecule has 2 unspecified atom stereocenters. The molecule has 0 N–H and O–H groups in total. The average molecular weight is 655 g/mol. The second-order valence-corrected chi connectivity index (χ2v) is 13.8. The van der Waals surface area contributed by atoms with E-state index in [1.807, 2.05) is 24.3 Å². The highest BCUT2D eigenvalue weighted by atomic mass is 16.5. The number of carbonyl (C=O) groups is 1. The molecule has 0 aliphatic rings. The van der Waals surface area contributed by atoms with E-state index in [1.165, 1.54) is 94.6 Å². The van der Waals surface area contributed by atoms with Crippen LogP contribution in [0.2, 0.25) is 0 Å². The lowest BCUT2D eigenvalue weighted by atomic mass is 9.96. The second kappa shape index (κ2) is 24.3. The minimum absolute atomic E-state index is 0.0157. The molecule has 0 aromatic heterocycles.